The molecule has 0 aromatic heterocycles. The van der Waals surface area contributed by atoms with Crippen molar-refractivity contribution in [3.05, 3.63) is 35.9 Å². The Morgan fingerprint density at radius 3 is 1.75 bits per heavy atom. The fourth-order valence-electron chi connectivity index (χ4n) is 7.86. The van der Waals surface area contributed by atoms with Crippen molar-refractivity contribution in [1.29, 1.82) is 0 Å². The molecule has 1 aliphatic rings. The first-order chi connectivity index (χ1) is 28.3. The monoisotopic (exact) mass is 841 g/mol. The van der Waals surface area contributed by atoms with Crippen LogP contribution in [0.3, 0.4) is 0 Å². The third-order valence-electron chi connectivity index (χ3n) is 11.9. The molecule has 5 amide bonds. The van der Waals surface area contributed by atoms with Crippen LogP contribution in [0.1, 0.15) is 132 Å². The number of unbranched alkanes of at least 4 members (excludes halogenated alkanes) is 2. The summed E-state index contributed by atoms with van der Waals surface area (Å²) in [5.41, 5.74) is -0.913. The fraction of sp³-hybridized carbons (Fsp3) is 0.717. The predicted molar refractivity (Wildman–Crippen MR) is 233 cm³/mol. The van der Waals surface area contributed by atoms with Crippen LogP contribution < -0.4 is 16.0 Å². The Bertz CT molecular complexity index is 1570. The average molecular weight is 841 g/mol. The van der Waals surface area contributed by atoms with Crippen LogP contribution >= 0.6 is 0 Å². The number of hydrogen-bond acceptors (Lipinski definition) is 9. The molecule has 338 valence electrons. The Morgan fingerprint density at radius 2 is 1.25 bits per heavy atom. The van der Waals surface area contributed by atoms with Crippen molar-refractivity contribution in [1.82, 2.24) is 30.7 Å². The molecular weight excluding hydrogens is 765 g/mol. The largest absolute Gasteiger partial charge is 0.451 e. The number of cyclic esters (lactones) is 1. The quantitative estimate of drug-likeness (QED) is 0.153. The van der Waals surface area contributed by atoms with Gasteiger partial charge in [-0.2, -0.15) is 0 Å². The van der Waals surface area contributed by atoms with Gasteiger partial charge in [0.2, 0.25) is 23.6 Å². The van der Waals surface area contributed by atoms with Gasteiger partial charge in [0, 0.05) is 27.6 Å². The van der Waals surface area contributed by atoms with Gasteiger partial charge in [-0.3, -0.25) is 34.1 Å². The number of ether oxygens (including phenoxy) is 1. The fourth-order valence-corrected chi connectivity index (χ4v) is 7.86. The van der Waals surface area contributed by atoms with E-state index in [9.17, 15) is 33.6 Å². The number of nitrogens with one attached hydrogen (secondary N) is 3. The molecule has 1 fully saturated rings. The number of amides is 5. The van der Waals surface area contributed by atoms with E-state index in [2.05, 4.69) is 29.8 Å². The molecule has 14 heteroatoms. The molecule has 1 aliphatic heterocycles. The zero-order valence-electron chi connectivity index (χ0n) is 38.5. The molecule has 2 rings (SSSR count). The third kappa shape index (κ3) is 14.7. The molecule has 0 saturated carbocycles. The van der Waals surface area contributed by atoms with Gasteiger partial charge in [0.05, 0.1) is 6.04 Å². The van der Waals surface area contributed by atoms with Crippen molar-refractivity contribution in [3.8, 4) is 0 Å². The number of likely N-dealkylation sites (N-methyl/N-ethyl adjacent to an activating group) is 3. The summed E-state index contributed by atoms with van der Waals surface area (Å²) < 4.78 is 5.63. The minimum absolute atomic E-state index is 0.00308. The van der Waals surface area contributed by atoms with E-state index < -0.39 is 77.5 Å². The molecule has 9 atom stereocenters. The Morgan fingerprint density at radius 1 is 0.733 bits per heavy atom. The van der Waals surface area contributed by atoms with Gasteiger partial charge < -0.3 is 30.1 Å². The van der Waals surface area contributed by atoms with Crippen LogP contribution in [0.15, 0.2) is 30.3 Å². The van der Waals surface area contributed by atoms with Gasteiger partial charge in [-0.25, -0.2) is 4.79 Å². The van der Waals surface area contributed by atoms with E-state index in [0.717, 1.165) is 44.1 Å². The summed E-state index contributed by atoms with van der Waals surface area (Å²) in [6, 6.07) is 3.82. The normalized spacial score (nSPS) is 27.0. The van der Waals surface area contributed by atoms with Crippen molar-refractivity contribution < 1.29 is 38.3 Å². The van der Waals surface area contributed by atoms with E-state index in [4.69, 9.17) is 4.74 Å². The molecule has 1 unspecified atom stereocenters. The maximum Gasteiger partial charge on any atom is 0.329 e. The molecular formula is C46H76N6O8. The van der Waals surface area contributed by atoms with Gasteiger partial charge in [-0.1, -0.05) is 117 Å². The molecule has 0 spiro atoms. The van der Waals surface area contributed by atoms with Crippen molar-refractivity contribution in [2.75, 3.05) is 21.1 Å². The molecule has 1 aromatic rings. The lowest BCUT2D eigenvalue weighted by molar-refractivity contribution is -0.162. The topological polar surface area (TPSA) is 175 Å². The number of nitrogens with zero attached hydrogens (tertiary/aromatic N) is 3. The van der Waals surface area contributed by atoms with Gasteiger partial charge in [-0.15, -0.1) is 0 Å². The van der Waals surface area contributed by atoms with Gasteiger partial charge in [-0.05, 0) is 62.8 Å². The van der Waals surface area contributed by atoms with Crippen LogP contribution in [0.4, 0.5) is 0 Å². The van der Waals surface area contributed by atoms with E-state index in [0.29, 0.717) is 6.29 Å². The number of carbonyl (C=O) groups excluding carboxylic acids is 7. The number of hydrogen-bond donors (Lipinski definition) is 3. The Kier molecular flexibility index (Phi) is 21.4. The van der Waals surface area contributed by atoms with Gasteiger partial charge in [0.15, 0.2) is 18.1 Å². The van der Waals surface area contributed by atoms with Crippen LogP contribution in [-0.4, -0.2) is 120 Å². The Labute approximate surface area is 359 Å². The number of esters is 1. The lowest BCUT2D eigenvalue weighted by Gasteiger charge is -2.44. The molecule has 0 aliphatic carbocycles. The van der Waals surface area contributed by atoms with Crippen LogP contribution in [0.25, 0.3) is 0 Å². The zero-order chi connectivity index (χ0) is 45.3. The van der Waals surface area contributed by atoms with Gasteiger partial charge in [0.1, 0.15) is 24.2 Å². The highest BCUT2D eigenvalue weighted by Gasteiger charge is 2.45. The van der Waals surface area contributed by atoms with Crippen LogP contribution in [0.5, 0.6) is 0 Å². The molecule has 14 nitrogen and oxygen atoms in total. The summed E-state index contributed by atoms with van der Waals surface area (Å²) >= 11 is 0. The molecule has 1 heterocycles. The first-order valence-electron chi connectivity index (χ1n) is 22.2. The predicted octanol–water partition coefficient (Wildman–Crippen LogP) is 5.02. The molecule has 0 radical (unpaired) electrons. The zero-order valence-corrected chi connectivity index (χ0v) is 38.5. The van der Waals surface area contributed by atoms with Crippen molar-refractivity contribution in [3.63, 3.8) is 0 Å². The van der Waals surface area contributed by atoms with E-state index in [1.165, 1.54) is 49.7 Å². The van der Waals surface area contributed by atoms with E-state index in [1.807, 2.05) is 58.0 Å². The first-order valence-corrected chi connectivity index (χ1v) is 22.2. The SMILES string of the molecule is CCCC[C@@H](C)CC1NC(=O)[C@@H](C)OC(=O)[C@H](C)N(C)C(=O)[C@H](C[C@H](C)CCCC)NC(=O)[C@H](Cc2ccccc2)N(C)C(=O)[C@H](CC)N[C@](C=O)(CC(C)C)N(C)C1=O. The second-order valence-electron chi connectivity index (χ2n) is 17.6. The van der Waals surface area contributed by atoms with Crippen LogP contribution in [-0.2, 0) is 44.7 Å². The smallest absolute Gasteiger partial charge is 0.329 e. The highest BCUT2D eigenvalue weighted by atomic mass is 16.5. The van der Waals surface area contributed by atoms with Crippen LogP contribution in [0.2, 0.25) is 0 Å². The highest BCUT2D eigenvalue weighted by molar-refractivity contribution is 5.96. The Balaban J connectivity index is 2.85. The molecule has 3 N–H and O–H groups in total. The third-order valence-corrected chi connectivity index (χ3v) is 11.9. The van der Waals surface area contributed by atoms with Crippen molar-refractivity contribution >= 4 is 41.8 Å². The Hall–Kier alpha value is -4.33. The van der Waals surface area contributed by atoms with E-state index in [-0.39, 0.29) is 49.9 Å². The standard InChI is InChI=1S/C46H76N6O8/c1-13-16-21-31(6)25-37-43(57)50(10)33(8)45(59)60-34(9)40(54)47-38(26-32(7)22-17-14-2)44(58)52(12)46(29-53,28-30(4)5)49-36(15-3)42(56)51(11)39(41(55)48-37)27-35-23-19-18-20-24-35/h18-20,23-24,29-34,36-39,49H,13-17,21-22,25-28H2,1-12H3,(H,47,54)(H,48,55)/t31-,32-,33+,34-,36+,37+,38?,39+,46-/m1/s1. The molecule has 1 saturated heterocycles. The van der Waals surface area contributed by atoms with Crippen molar-refractivity contribution in [2.45, 2.75) is 175 Å². The summed E-state index contributed by atoms with van der Waals surface area (Å²) in [5, 5.41) is 9.03. The lowest BCUT2D eigenvalue weighted by atomic mass is 9.92. The summed E-state index contributed by atoms with van der Waals surface area (Å²) in [6.45, 7) is 16.6. The maximum absolute atomic E-state index is 14.7. The van der Waals surface area contributed by atoms with E-state index in [1.54, 1.807) is 6.92 Å². The lowest BCUT2D eigenvalue weighted by Crippen LogP contribution is -2.68. The molecule has 60 heavy (non-hydrogen) atoms. The number of carbonyl (C=O) groups is 7. The second-order valence-corrected chi connectivity index (χ2v) is 17.6. The number of benzene rings is 1. The van der Waals surface area contributed by atoms with Crippen LogP contribution in [0, 0.1) is 17.8 Å². The summed E-state index contributed by atoms with van der Waals surface area (Å²) in [5.74, 6) is -3.80. The van der Waals surface area contributed by atoms with Gasteiger partial charge in [0.25, 0.3) is 5.91 Å². The second kappa shape index (κ2) is 24.8. The summed E-state index contributed by atoms with van der Waals surface area (Å²) in [6.07, 6.45) is 5.60. The minimum Gasteiger partial charge on any atom is -0.451 e. The van der Waals surface area contributed by atoms with E-state index >= 15 is 0 Å². The maximum atomic E-state index is 14.7. The average Bonchev–Trinajstić information content (AvgIpc) is 3.22. The number of aldehydes is 1. The number of rotatable bonds is 16. The molecule has 1 aromatic carbocycles. The molecule has 0 bridgehead atoms. The first kappa shape index (κ1) is 51.8. The highest BCUT2D eigenvalue weighted by Crippen LogP contribution is 2.25. The minimum atomic E-state index is -1.69. The van der Waals surface area contributed by atoms with Gasteiger partial charge >= 0.3 is 5.97 Å². The summed E-state index contributed by atoms with van der Waals surface area (Å²) in [7, 11) is 4.47. The summed E-state index contributed by atoms with van der Waals surface area (Å²) in [4.78, 5) is 103. The van der Waals surface area contributed by atoms with Crippen molar-refractivity contribution in [2.24, 2.45) is 17.8 Å².